The maximum absolute atomic E-state index is 13.8. The van der Waals surface area contributed by atoms with Crippen molar-refractivity contribution in [3.63, 3.8) is 0 Å². The number of amides is 1. The molecule has 0 atom stereocenters. The molecule has 22 heavy (non-hydrogen) atoms. The van der Waals surface area contributed by atoms with Crippen LogP contribution in [0.4, 0.5) is 10.1 Å². The molecule has 1 N–H and O–H groups in total. The average molecular weight is 301 g/mol. The van der Waals surface area contributed by atoms with Crippen LogP contribution >= 0.6 is 0 Å². The monoisotopic (exact) mass is 301 g/mol. The Balaban J connectivity index is 1.65. The van der Waals surface area contributed by atoms with Crippen molar-refractivity contribution in [3.8, 4) is 0 Å². The zero-order chi connectivity index (χ0) is 15.5. The van der Waals surface area contributed by atoms with Crippen LogP contribution < -0.4 is 4.90 Å². The summed E-state index contributed by atoms with van der Waals surface area (Å²) in [5, 5.41) is 0. The van der Waals surface area contributed by atoms with Gasteiger partial charge in [0.2, 0.25) is 0 Å². The van der Waals surface area contributed by atoms with Crippen LogP contribution in [0.15, 0.2) is 36.5 Å². The number of aldehydes is 1. The second kappa shape index (κ2) is 6.01. The number of carbonyl (C=O) groups excluding carboxylic acids is 2. The molecule has 3 rings (SSSR count). The van der Waals surface area contributed by atoms with Crippen LogP contribution in [-0.2, 0) is 0 Å². The molecule has 1 fully saturated rings. The van der Waals surface area contributed by atoms with Gasteiger partial charge in [0.1, 0.15) is 11.5 Å². The van der Waals surface area contributed by atoms with Gasteiger partial charge in [-0.3, -0.25) is 9.59 Å². The number of halogens is 1. The number of rotatable bonds is 3. The number of nitrogens with one attached hydrogen (secondary N) is 1. The summed E-state index contributed by atoms with van der Waals surface area (Å²) in [6.07, 6.45) is 2.21. The molecule has 0 saturated carbocycles. The normalized spacial score (nSPS) is 15.0. The lowest BCUT2D eigenvalue weighted by Gasteiger charge is -2.36. The Bertz CT molecular complexity index is 690. The fourth-order valence-corrected chi connectivity index (χ4v) is 2.63. The molecule has 1 aromatic heterocycles. The minimum atomic E-state index is -0.248. The summed E-state index contributed by atoms with van der Waals surface area (Å²) in [6.45, 7) is 2.19. The predicted molar refractivity (Wildman–Crippen MR) is 80.7 cm³/mol. The lowest BCUT2D eigenvalue weighted by Crippen LogP contribution is -2.49. The first-order valence-corrected chi connectivity index (χ1v) is 7.11. The summed E-state index contributed by atoms with van der Waals surface area (Å²) in [7, 11) is 0. The number of aromatic amines is 1. The number of benzene rings is 1. The predicted octanol–water partition coefficient (Wildman–Crippen LogP) is 1.93. The molecular formula is C16H16FN3O2. The average Bonchev–Trinajstić information content (AvgIpc) is 3.04. The van der Waals surface area contributed by atoms with Gasteiger partial charge in [0.05, 0.1) is 5.69 Å². The Hall–Kier alpha value is -2.63. The first-order valence-electron chi connectivity index (χ1n) is 7.11. The third kappa shape index (κ3) is 2.72. The smallest absolute Gasteiger partial charge is 0.270 e. The molecule has 1 saturated heterocycles. The number of hydrogen-bond donors (Lipinski definition) is 1. The van der Waals surface area contributed by atoms with Crippen LogP contribution in [0.1, 0.15) is 20.8 Å². The Kier molecular flexibility index (Phi) is 3.91. The largest absolute Gasteiger partial charge is 0.366 e. The summed E-state index contributed by atoms with van der Waals surface area (Å²) in [5.41, 5.74) is 1.42. The van der Waals surface area contributed by atoms with Crippen LogP contribution in [0.2, 0.25) is 0 Å². The van der Waals surface area contributed by atoms with Gasteiger partial charge in [0.15, 0.2) is 6.29 Å². The first kappa shape index (κ1) is 14.3. The van der Waals surface area contributed by atoms with E-state index in [2.05, 4.69) is 4.98 Å². The quantitative estimate of drug-likeness (QED) is 0.881. The van der Waals surface area contributed by atoms with Gasteiger partial charge in [-0.2, -0.15) is 0 Å². The van der Waals surface area contributed by atoms with E-state index in [9.17, 15) is 14.0 Å². The highest BCUT2D eigenvalue weighted by Gasteiger charge is 2.24. The molecule has 0 unspecified atom stereocenters. The van der Waals surface area contributed by atoms with E-state index in [-0.39, 0.29) is 11.7 Å². The first-order chi connectivity index (χ1) is 10.7. The highest BCUT2D eigenvalue weighted by atomic mass is 19.1. The molecule has 6 heteroatoms. The fraction of sp³-hybridized carbons (Fsp3) is 0.250. The Labute approximate surface area is 127 Å². The number of carbonyl (C=O) groups is 2. The van der Waals surface area contributed by atoms with Gasteiger partial charge in [-0.15, -0.1) is 0 Å². The topological polar surface area (TPSA) is 56.4 Å². The van der Waals surface area contributed by atoms with Gasteiger partial charge >= 0.3 is 0 Å². The molecule has 2 heterocycles. The third-order valence-corrected chi connectivity index (χ3v) is 3.83. The van der Waals surface area contributed by atoms with Gasteiger partial charge in [-0.05, 0) is 18.2 Å². The number of piperazine rings is 1. The van der Waals surface area contributed by atoms with Gasteiger partial charge in [-0.1, -0.05) is 12.1 Å². The van der Waals surface area contributed by atoms with E-state index in [0.717, 1.165) is 0 Å². The molecule has 0 radical (unpaired) electrons. The SMILES string of the molecule is O=Cc1c[nH]c(C(=O)N2CCN(c3ccccc3F)CC2)c1. The van der Waals surface area contributed by atoms with E-state index in [4.69, 9.17) is 0 Å². The molecule has 1 aliphatic rings. The van der Waals surface area contributed by atoms with E-state index in [1.807, 2.05) is 4.90 Å². The standard InChI is InChI=1S/C16H16FN3O2/c17-13-3-1-2-4-15(13)19-5-7-20(8-6-19)16(22)14-9-12(11-21)10-18-14/h1-4,9-11,18H,5-8H2. The molecule has 1 aliphatic heterocycles. The van der Waals surface area contributed by atoms with Gasteiger partial charge < -0.3 is 14.8 Å². The molecular weight excluding hydrogens is 285 g/mol. The number of nitrogens with zero attached hydrogens (tertiary/aromatic N) is 2. The molecule has 1 aromatic carbocycles. The van der Waals surface area contributed by atoms with Crippen molar-refractivity contribution in [2.75, 3.05) is 31.1 Å². The zero-order valence-corrected chi connectivity index (χ0v) is 12.0. The molecule has 5 nitrogen and oxygen atoms in total. The summed E-state index contributed by atoms with van der Waals surface area (Å²) in [6, 6.07) is 8.18. The highest BCUT2D eigenvalue weighted by molar-refractivity contribution is 5.94. The second-order valence-corrected chi connectivity index (χ2v) is 5.20. The van der Waals surface area contributed by atoms with Crippen LogP contribution in [-0.4, -0.2) is 48.3 Å². The molecule has 114 valence electrons. The van der Waals surface area contributed by atoms with Crippen molar-refractivity contribution in [1.29, 1.82) is 0 Å². The lowest BCUT2D eigenvalue weighted by molar-refractivity contribution is 0.0741. The Morgan fingerprint density at radius 3 is 2.55 bits per heavy atom. The minimum Gasteiger partial charge on any atom is -0.366 e. The summed E-state index contributed by atoms with van der Waals surface area (Å²) >= 11 is 0. The number of aromatic nitrogens is 1. The zero-order valence-electron chi connectivity index (χ0n) is 12.0. The van der Waals surface area contributed by atoms with Crippen molar-refractivity contribution < 1.29 is 14.0 Å². The molecule has 1 amide bonds. The minimum absolute atomic E-state index is 0.138. The number of hydrogen-bond acceptors (Lipinski definition) is 3. The van der Waals surface area contributed by atoms with Gasteiger partial charge in [0, 0.05) is 37.9 Å². The lowest BCUT2D eigenvalue weighted by atomic mass is 10.2. The van der Waals surface area contributed by atoms with Crippen molar-refractivity contribution >= 4 is 17.9 Å². The van der Waals surface area contributed by atoms with E-state index >= 15 is 0 Å². The molecule has 0 spiro atoms. The van der Waals surface area contributed by atoms with Gasteiger partial charge in [-0.25, -0.2) is 4.39 Å². The van der Waals surface area contributed by atoms with Crippen LogP contribution in [0.5, 0.6) is 0 Å². The summed E-state index contributed by atoms with van der Waals surface area (Å²) in [5.74, 6) is -0.386. The summed E-state index contributed by atoms with van der Waals surface area (Å²) in [4.78, 5) is 29.4. The second-order valence-electron chi connectivity index (χ2n) is 5.20. The fourth-order valence-electron chi connectivity index (χ4n) is 2.63. The van der Waals surface area contributed by atoms with E-state index in [1.165, 1.54) is 12.3 Å². The van der Waals surface area contributed by atoms with Crippen molar-refractivity contribution in [3.05, 3.63) is 53.6 Å². The van der Waals surface area contributed by atoms with E-state index in [1.54, 1.807) is 29.2 Å². The molecule has 0 aliphatic carbocycles. The third-order valence-electron chi connectivity index (χ3n) is 3.83. The number of H-pyrrole nitrogens is 1. The van der Waals surface area contributed by atoms with Gasteiger partial charge in [0.25, 0.3) is 5.91 Å². The van der Waals surface area contributed by atoms with Crippen molar-refractivity contribution in [2.24, 2.45) is 0 Å². The Morgan fingerprint density at radius 1 is 1.18 bits per heavy atom. The highest BCUT2D eigenvalue weighted by Crippen LogP contribution is 2.20. The Morgan fingerprint density at radius 2 is 1.91 bits per heavy atom. The maximum Gasteiger partial charge on any atom is 0.270 e. The molecule has 0 bridgehead atoms. The summed E-state index contributed by atoms with van der Waals surface area (Å²) < 4.78 is 13.8. The number of para-hydroxylation sites is 1. The maximum atomic E-state index is 13.8. The van der Waals surface area contributed by atoms with Crippen LogP contribution in [0, 0.1) is 5.82 Å². The van der Waals surface area contributed by atoms with Crippen molar-refractivity contribution in [1.82, 2.24) is 9.88 Å². The van der Waals surface area contributed by atoms with E-state index in [0.29, 0.717) is 49.4 Å². The van der Waals surface area contributed by atoms with E-state index < -0.39 is 0 Å². The number of anilines is 1. The van der Waals surface area contributed by atoms with Crippen molar-refractivity contribution in [2.45, 2.75) is 0 Å². The van der Waals surface area contributed by atoms with Crippen LogP contribution in [0.25, 0.3) is 0 Å². The van der Waals surface area contributed by atoms with Crippen LogP contribution in [0.3, 0.4) is 0 Å². The molecule has 2 aromatic rings.